The zero-order valence-corrected chi connectivity index (χ0v) is 34.8. The van der Waals surface area contributed by atoms with Crippen LogP contribution in [-0.2, 0) is 10.8 Å². The highest BCUT2D eigenvalue weighted by Gasteiger charge is 2.53. The predicted molar refractivity (Wildman–Crippen MR) is 263 cm³/mol. The maximum Gasteiger partial charge on any atom is 0.0755 e. The smallest absolute Gasteiger partial charge is 0.0755 e. The van der Waals surface area contributed by atoms with E-state index in [4.69, 9.17) is 0 Å². The first-order valence-corrected chi connectivity index (χ1v) is 22.4. The minimum atomic E-state index is -0.550. The summed E-state index contributed by atoms with van der Waals surface area (Å²) in [5.74, 6) is 0. The Hall–Kier alpha value is -8.20. The van der Waals surface area contributed by atoms with Gasteiger partial charge < -0.3 is 9.47 Å². The van der Waals surface area contributed by atoms with Gasteiger partial charge in [0.05, 0.1) is 27.6 Å². The molecule has 0 N–H and O–H groups in total. The van der Waals surface area contributed by atoms with Crippen LogP contribution in [-0.4, -0.2) is 4.57 Å². The molecule has 1 unspecified atom stereocenters. The first-order chi connectivity index (χ1) is 31.8. The molecule has 2 heterocycles. The minimum absolute atomic E-state index is 0.440. The molecule has 0 amide bonds. The molecule has 0 saturated heterocycles. The minimum Gasteiger partial charge on any atom is -0.310 e. The molecular weight excluding hydrogens is 773 g/mol. The average Bonchev–Trinajstić information content (AvgIpc) is 4.05. The summed E-state index contributed by atoms with van der Waals surface area (Å²) in [5.41, 5.74) is 24.6. The van der Waals surface area contributed by atoms with Gasteiger partial charge in [-0.3, -0.25) is 0 Å². The van der Waals surface area contributed by atoms with Crippen molar-refractivity contribution in [2.45, 2.75) is 10.8 Å². The van der Waals surface area contributed by atoms with Crippen LogP contribution >= 0.6 is 0 Å². The molecule has 1 atom stereocenters. The number of hydrogen-bond acceptors (Lipinski definition) is 1. The average molecular weight is 811 g/mol. The number of anilines is 3. The summed E-state index contributed by atoms with van der Waals surface area (Å²) in [6.45, 7) is 0. The molecule has 0 radical (unpaired) electrons. The fourth-order valence-electron chi connectivity index (χ4n) is 12.9. The van der Waals surface area contributed by atoms with Crippen molar-refractivity contribution < 1.29 is 0 Å². The third-order valence-corrected chi connectivity index (χ3v) is 15.2. The Kier molecular flexibility index (Phi) is 6.58. The second-order valence-electron chi connectivity index (χ2n) is 17.9. The summed E-state index contributed by atoms with van der Waals surface area (Å²) in [6, 6.07) is 86.9. The van der Waals surface area contributed by atoms with Gasteiger partial charge in [0.1, 0.15) is 0 Å². The third-order valence-electron chi connectivity index (χ3n) is 15.2. The quantitative estimate of drug-likeness (QED) is 0.173. The Morgan fingerprint density at radius 2 is 0.703 bits per heavy atom. The molecular formula is C62H38N2. The number of rotatable bonds is 3. The van der Waals surface area contributed by atoms with Gasteiger partial charge in [0.15, 0.2) is 0 Å². The Balaban J connectivity index is 1.02. The van der Waals surface area contributed by atoms with E-state index in [1.165, 1.54) is 105 Å². The van der Waals surface area contributed by atoms with E-state index in [0.717, 1.165) is 17.1 Å². The maximum absolute atomic E-state index is 2.53. The molecule has 0 saturated carbocycles. The normalized spacial score (nSPS) is 16.0. The maximum atomic E-state index is 2.53. The summed E-state index contributed by atoms with van der Waals surface area (Å²) in [7, 11) is 0. The van der Waals surface area contributed by atoms with Gasteiger partial charge in [-0.15, -0.1) is 0 Å². The second kappa shape index (κ2) is 12.2. The number of hydrogen-bond donors (Lipinski definition) is 0. The van der Waals surface area contributed by atoms with Crippen molar-refractivity contribution in [1.82, 2.24) is 4.57 Å². The highest BCUT2D eigenvalue weighted by Crippen LogP contribution is 2.65. The number of benzene rings is 10. The largest absolute Gasteiger partial charge is 0.310 e. The van der Waals surface area contributed by atoms with E-state index in [1.807, 2.05) is 0 Å². The molecule has 11 aromatic rings. The Labute approximate surface area is 371 Å². The van der Waals surface area contributed by atoms with Crippen molar-refractivity contribution in [3.8, 4) is 39.1 Å². The molecule has 2 spiro atoms. The SMILES string of the molecule is c1ccc(N(c2ccc3c(c2)C2(c4ccccc4-c4ccccc42)c2ccccc2-3)c2ccc3c(c2)C2(c4ccccc4-3)c3ccccc3-n3c4ccccc4c4cccc2c43)cc1. The van der Waals surface area contributed by atoms with Gasteiger partial charge in [0, 0.05) is 27.8 Å². The second-order valence-corrected chi connectivity index (χ2v) is 17.9. The number of para-hydroxylation sites is 4. The van der Waals surface area contributed by atoms with Crippen molar-refractivity contribution in [3.05, 3.63) is 275 Å². The summed E-state index contributed by atoms with van der Waals surface area (Å²) >= 11 is 0. The zero-order chi connectivity index (χ0) is 41.7. The van der Waals surface area contributed by atoms with Crippen LogP contribution in [0.2, 0.25) is 0 Å². The van der Waals surface area contributed by atoms with Crippen LogP contribution in [0, 0.1) is 0 Å². The van der Waals surface area contributed by atoms with E-state index in [-0.39, 0.29) is 0 Å². The summed E-state index contributed by atoms with van der Waals surface area (Å²) in [6.07, 6.45) is 0. The molecule has 2 nitrogen and oxygen atoms in total. The van der Waals surface area contributed by atoms with Crippen LogP contribution in [0.15, 0.2) is 231 Å². The van der Waals surface area contributed by atoms with Gasteiger partial charge in [0.25, 0.3) is 0 Å². The van der Waals surface area contributed by atoms with Crippen molar-refractivity contribution >= 4 is 38.9 Å². The monoisotopic (exact) mass is 810 g/mol. The fraction of sp³-hybridized carbons (Fsp3) is 0.0323. The van der Waals surface area contributed by atoms with E-state index in [2.05, 4.69) is 240 Å². The molecule has 64 heavy (non-hydrogen) atoms. The van der Waals surface area contributed by atoms with E-state index in [0.29, 0.717) is 0 Å². The van der Waals surface area contributed by atoms with E-state index in [9.17, 15) is 0 Å². The lowest BCUT2D eigenvalue weighted by molar-refractivity contribution is 0.748. The van der Waals surface area contributed by atoms with E-state index < -0.39 is 10.8 Å². The molecule has 3 aliphatic carbocycles. The molecule has 10 aromatic carbocycles. The first-order valence-electron chi connectivity index (χ1n) is 22.4. The molecule has 4 aliphatic rings. The topological polar surface area (TPSA) is 8.17 Å². The Morgan fingerprint density at radius 3 is 1.28 bits per heavy atom. The zero-order valence-electron chi connectivity index (χ0n) is 34.8. The van der Waals surface area contributed by atoms with Crippen LogP contribution in [0.5, 0.6) is 0 Å². The third kappa shape index (κ3) is 3.99. The molecule has 0 bridgehead atoms. The van der Waals surface area contributed by atoms with Crippen LogP contribution in [0.3, 0.4) is 0 Å². The summed E-state index contributed by atoms with van der Waals surface area (Å²) in [4.78, 5) is 2.49. The van der Waals surface area contributed by atoms with Gasteiger partial charge in [0.2, 0.25) is 0 Å². The van der Waals surface area contributed by atoms with Gasteiger partial charge >= 0.3 is 0 Å². The molecule has 0 fully saturated rings. The lowest BCUT2D eigenvalue weighted by atomic mass is 9.65. The van der Waals surface area contributed by atoms with Gasteiger partial charge in [-0.2, -0.15) is 0 Å². The number of nitrogens with zero attached hydrogens (tertiary/aromatic N) is 2. The lowest BCUT2D eigenvalue weighted by Crippen LogP contribution is -2.33. The number of fused-ring (bicyclic) bond motifs is 22. The lowest BCUT2D eigenvalue weighted by Gasteiger charge is -2.40. The summed E-state index contributed by atoms with van der Waals surface area (Å²) in [5, 5.41) is 2.57. The summed E-state index contributed by atoms with van der Waals surface area (Å²) < 4.78 is 2.53. The molecule has 1 aliphatic heterocycles. The van der Waals surface area contributed by atoms with Crippen LogP contribution < -0.4 is 4.90 Å². The van der Waals surface area contributed by atoms with Crippen LogP contribution in [0.25, 0.3) is 60.9 Å². The van der Waals surface area contributed by atoms with Crippen molar-refractivity contribution in [3.63, 3.8) is 0 Å². The van der Waals surface area contributed by atoms with Crippen molar-refractivity contribution in [2.24, 2.45) is 0 Å². The van der Waals surface area contributed by atoms with Crippen molar-refractivity contribution in [2.75, 3.05) is 4.90 Å². The standard InChI is InChI=1S/C62H38N2/c1-2-17-39(18-3-1)63(40-33-35-46-44-21-6-11-27-52(44)61(56(46)37-40)50-25-9-4-19-42(50)43-20-5-10-26-51(43)61)41-34-36-47-45-22-7-12-28-53(45)62(57(47)38-41)54-29-13-15-32-59(54)64-58-31-14-8-23-48(58)49-24-16-30-55(62)60(49)64/h1-38H. The highest BCUT2D eigenvalue weighted by molar-refractivity contribution is 6.13. The first kappa shape index (κ1) is 34.4. The van der Waals surface area contributed by atoms with Crippen molar-refractivity contribution in [1.29, 1.82) is 0 Å². The Bertz CT molecular complexity index is 3750. The predicted octanol–water partition coefficient (Wildman–Crippen LogP) is 15.3. The van der Waals surface area contributed by atoms with E-state index in [1.54, 1.807) is 0 Å². The van der Waals surface area contributed by atoms with Crippen LogP contribution in [0.1, 0.15) is 44.5 Å². The fourth-order valence-corrected chi connectivity index (χ4v) is 12.9. The van der Waals surface area contributed by atoms with Gasteiger partial charge in [-0.1, -0.05) is 182 Å². The molecule has 15 rings (SSSR count). The highest BCUT2D eigenvalue weighted by atomic mass is 15.1. The molecule has 2 heteroatoms. The number of aromatic nitrogens is 1. The van der Waals surface area contributed by atoms with Gasteiger partial charge in [-0.05, 0) is 126 Å². The molecule has 1 aromatic heterocycles. The van der Waals surface area contributed by atoms with E-state index >= 15 is 0 Å². The molecule has 296 valence electrons. The van der Waals surface area contributed by atoms with Gasteiger partial charge in [-0.25, -0.2) is 0 Å². The van der Waals surface area contributed by atoms with Crippen LogP contribution in [0.4, 0.5) is 17.1 Å². The Morgan fingerprint density at radius 1 is 0.281 bits per heavy atom.